The van der Waals surface area contributed by atoms with E-state index in [1.165, 1.54) is 5.57 Å². The van der Waals surface area contributed by atoms with Gasteiger partial charge in [0.15, 0.2) is 0 Å². The monoisotopic (exact) mass is 282 g/mol. The first-order valence-corrected chi connectivity index (χ1v) is 7.37. The molecule has 0 unspecified atom stereocenters. The van der Waals surface area contributed by atoms with Gasteiger partial charge in [-0.05, 0) is 19.8 Å². The second-order valence-electron chi connectivity index (χ2n) is 7.12. The Morgan fingerprint density at radius 3 is 2.70 bits per heavy atom. The normalized spacial score (nSPS) is 60.4. The Kier molecular flexibility index (Phi) is 2.41. The van der Waals surface area contributed by atoms with Crippen LogP contribution in [0, 0.1) is 10.8 Å². The number of hydrogen-bond acceptors (Lipinski definition) is 5. The average Bonchev–Trinajstić information content (AvgIpc) is 3.21. The van der Waals surface area contributed by atoms with Gasteiger partial charge in [0.2, 0.25) is 0 Å². The summed E-state index contributed by atoms with van der Waals surface area (Å²) in [6.45, 7) is 4.42. The molecule has 0 aromatic carbocycles. The lowest BCUT2D eigenvalue weighted by Gasteiger charge is -2.57. The average molecular weight is 282 g/mol. The summed E-state index contributed by atoms with van der Waals surface area (Å²) in [5.74, 6) is 0. The zero-order valence-corrected chi connectivity index (χ0v) is 11.9. The van der Waals surface area contributed by atoms with Crippen LogP contribution in [0.5, 0.6) is 0 Å². The zero-order valence-electron chi connectivity index (χ0n) is 11.9. The molecule has 5 heteroatoms. The Labute approximate surface area is 118 Å². The molecule has 112 valence electrons. The Bertz CT molecular complexity index is 485. The molecule has 0 amide bonds. The number of fused-ring (bicyclic) bond motifs is 2. The van der Waals surface area contributed by atoms with Gasteiger partial charge in [-0.1, -0.05) is 18.6 Å². The van der Waals surface area contributed by atoms with Gasteiger partial charge >= 0.3 is 0 Å². The summed E-state index contributed by atoms with van der Waals surface area (Å²) in [6.07, 6.45) is 1.01. The van der Waals surface area contributed by atoms with E-state index in [0.29, 0.717) is 6.61 Å². The summed E-state index contributed by atoms with van der Waals surface area (Å²) >= 11 is 0. The first-order valence-electron chi connectivity index (χ1n) is 7.37. The third kappa shape index (κ3) is 1.12. The second kappa shape index (κ2) is 3.65. The van der Waals surface area contributed by atoms with Gasteiger partial charge in [0.05, 0.1) is 25.4 Å². The lowest BCUT2D eigenvalue weighted by molar-refractivity contribution is -0.226. The van der Waals surface area contributed by atoms with Crippen LogP contribution in [-0.4, -0.2) is 58.6 Å². The molecule has 2 aliphatic heterocycles. The van der Waals surface area contributed by atoms with Crippen LogP contribution in [0.15, 0.2) is 11.6 Å². The third-order valence-electron chi connectivity index (χ3n) is 6.57. The molecule has 4 rings (SSSR count). The highest BCUT2D eigenvalue weighted by molar-refractivity contribution is 5.34. The fraction of sp³-hybridized carbons (Fsp3) is 0.867. The SMILES string of the molecule is CC1=C[C@H]2O[C@@H]3[C@H](O)[C@@H](O)[C@](C)([C@@]2(CO)CC1)[C@]31CO1. The molecular formula is C15H22O5. The lowest BCUT2D eigenvalue weighted by Crippen LogP contribution is -2.66. The van der Waals surface area contributed by atoms with Crippen LogP contribution in [0.4, 0.5) is 0 Å². The van der Waals surface area contributed by atoms with Gasteiger partial charge in [0.25, 0.3) is 0 Å². The summed E-state index contributed by atoms with van der Waals surface area (Å²) in [5.41, 5.74) is -0.668. The number of aliphatic hydroxyl groups excluding tert-OH is 3. The van der Waals surface area contributed by atoms with E-state index in [4.69, 9.17) is 9.47 Å². The van der Waals surface area contributed by atoms with Gasteiger partial charge in [-0.3, -0.25) is 0 Å². The summed E-state index contributed by atoms with van der Waals surface area (Å²) < 4.78 is 11.8. The molecule has 2 saturated heterocycles. The molecule has 3 N–H and O–H groups in total. The number of ether oxygens (including phenoxy) is 2. The van der Waals surface area contributed by atoms with E-state index in [-0.39, 0.29) is 12.7 Å². The smallest absolute Gasteiger partial charge is 0.129 e. The first kappa shape index (κ1) is 13.2. The van der Waals surface area contributed by atoms with Crippen molar-refractivity contribution in [3.8, 4) is 0 Å². The molecule has 0 aromatic heterocycles. The fourth-order valence-corrected chi connectivity index (χ4v) is 5.06. The van der Waals surface area contributed by atoms with Crippen molar-refractivity contribution in [3.63, 3.8) is 0 Å². The van der Waals surface area contributed by atoms with E-state index >= 15 is 0 Å². The number of rotatable bonds is 1. The van der Waals surface area contributed by atoms with Crippen LogP contribution >= 0.6 is 0 Å². The van der Waals surface area contributed by atoms with Crippen LogP contribution in [-0.2, 0) is 9.47 Å². The molecule has 0 radical (unpaired) electrons. The molecule has 5 nitrogen and oxygen atoms in total. The highest BCUT2D eigenvalue weighted by Crippen LogP contribution is 2.71. The third-order valence-corrected chi connectivity index (χ3v) is 6.57. The van der Waals surface area contributed by atoms with Crippen molar-refractivity contribution in [2.75, 3.05) is 13.2 Å². The predicted octanol–water partition coefficient (Wildman–Crippen LogP) is -0.0167. The highest BCUT2D eigenvalue weighted by Gasteiger charge is 2.84. The molecule has 0 aromatic rings. The van der Waals surface area contributed by atoms with Gasteiger partial charge in [-0.25, -0.2) is 0 Å². The zero-order chi connectivity index (χ0) is 14.3. The topological polar surface area (TPSA) is 82.5 Å². The van der Waals surface area contributed by atoms with Crippen molar-refractivity contribution < 1.29 is 24.8 Å². The molecule has 7 atom stereocenters. The van der Waals surface area contributed by atoms with Gasteiger partial charge in [0, 0.05) is 10.8 Å². The summed E-state index contributed by atoms with van der Waals surface area (Å²) in [6, 6.07) is 0. The van der Waals surface area contributed by atoms with Crippen molar-refractivity contribution in [1.29, 1.82) is 0 Å². The molecule has 1 spiro atoms. The molecule has 3 fully saturated rings. The van der Waals surface area contributed by atoms with Crippen molar-refractivity contribution >= 4 is 0 Å². The number of allylic oxidation sites excluding steroid dienone is 1. The summed E-state index contributed by atoms with van der Waals surface area (Å²) in [5, 5.41) is 31.2. The van der Waals surface area contributed by atoms with Gasteiger partial charge < -0.3 is 24.8 Å². The van der Waals surface area contributed by atoms with E-state index in [2.05, 4.69) is 6.92 Å². The number of hydrogen-bond donors (Lipinski definition) is 3. The Morgan fingerprint density at radius 2 is 2.10 bits per heavy atom. The van der Waals surface area contributed by atoms with Crippen LogP contribution in [0.1, 0.15) is 26.7 Å². The van der Waals surface area contributed by atoms with E-state index in [1.807, 2.05) is 13.0 Å². The summed E-state index contributed by atoms with van der Waals surface area (Å²) in [7, 11) is 0. The fourth-order valence-electron chi connectivity index (χ4n) is 5.06. The minimum Gasteiger partial charge on any atom is -0.396 e. The first-order chi connectivity index (χ1) is 9.43. The molecule has 2 aliphatic carbocycles. The van der Waals surface area contributed by atoms with E-state index < -0.39 is 34.7 Å². The Hall–Kier alpha value is -0.460. The highest BCUT2D eigenvalue weighted by atomic mass is 16.6. The maximum absolute atomic E-state index is 10.7. The van der Waals surface area contributed by atoms with Gasteiger partial charge in [0.1, 0.15) is 17.8 Å². The van der Waals surface area contributed by atoms with Crippen molar-refractivity contribution in [1.82, 2.24) is 0 Å². The van der Waals surface area contributed by atoms with Crippen LogP contribution in [0.3, 0.4) is 0 Å². The minimum atomic E-state index is -0.953. The predicted molar refractivity (Wildman–Crippen MR) is 70.0 cm³/mol. The van der Waals surface area contributed by atoms with E-state index in [9.17, 15) is 15.3 Å². The number of epoxide rings is 1. The standard InChI is InChI=1S/C15H22O5/c1-8-3-4-14(6-16)9(5-8)20-12-10(17)11(18)13(14,2)15(12)7-19-15/h5,9-12,16-18H,3-4,6-7H2,1-2H3/t9-,10-,11-,12-,13-,14-,15+/m1/s1. The van der Waals surface area contributed by atoms with Gasteiger partial charge in [-0.2, -0.15) is 0 Å². The van der Waals surface area contributed by atoms with Crippen molar-refractivity contribution in [2.24, 2.45) is 10.8 Å². The second-order valence-corrected chi connectivity index (χ2v) is 7.12. The van der Waals surface area contributed by atoms with Crippen LogP contribution in [0.2, 0.25) is 0 Å². The largest absolute Gasteiger partial charge is 0.396 e. The Balaban J connectivity index is 1.91. The van der Waals surface area contributed by atoms with Crippen LogP contribution in [0.25, 0.3) is 0 Å². The van der Waals surface area contributed by atoms with Gasteiger partial charge in [-0.15, -0.1) is 0 Å². The molecule has 20 heavy (non-hydrogen) atoms. The minimum absolute atomic E-state index is 0.0699. The quantitative estimate of drug-likeness (QED) is 0.465. The van der Waals surface area contributed by atoms with E-state index in [1.54, 1.807) is 0 Å². The number of aliphatic hydroxyl groups is 3. The van der Waals surface area contributed by atoms with Crippen molar-refractivity contribution in [2.45, 2.75) is 56.7 Å². The maximum atomic E-state index is 10.7. The lowest BCUT2D eigenvalue weighted by atomic mass is 9.51. The molecule has 4 aliphatic rings. The molecule has 2 bridgehead atoms. The van der Waals surface area contributed by atoms with Crippen LogP contribution < -0.4 is 0 Å². The molecule has 2 heterocycles. The Morgan fingerprint density at radius 1 is 1.40 bits per heavy atom. The van der Waals surface area contributed by atoms with Crippen molar-refractivity contribution in [3.05, 3.63) is 11.6 Å². The molecular weight excluding hydrogens is 260 g/mol. The molecule has 1 saturated carbocycles. The summed E-state index contributed by atoms with van der Waals surface area (Å²) in [4.78, 5) is 0. The van der Waals surface area contributed by atoms with E-state index in [0.717, 1.165) is 12.8 Å². The maximum Gasteiger partial charge on any atom is 0.129 e.